The number of hydrogen-bond donors (Lipinski definition) is 1. The highest BCUT2D eigenvalue weighted by Gasteiger charge is 2.37. The quantitative estimate of drug-likeness (QED) is 0.841. The van der Waals surface area contributed by atoms with E-state index in [2.05, 4.69) is 20.1 Å². The number of rotatable bonds is 5. The molecule has 3 heterocycles. The Balaban J connectivity index is 1.44. The highest BCUT2D eigenvalue weighted by Crippen LogP contribution is 2.33. The van der Waals surface area contributed by atoms with E-state index in [1.807, 2.05) is 12.3 Å². The number of aromatic nitrogens is 2. The fourth-order valence-electron chi connectivity index (χ4n) is 4.46. The molecule has 0 aliphatic carbocycles. The van der Waals surface area contributed by atoms with E-state index in [0.717, 1.165) is 62.8 Å². The first kappa shape index (κ1) is 19.8. The summed E-state index contributed by atoms with van der Waals surface area (Å²) >= 11 is 0. The molecule has 1 aromatic carbocycles. The van der Waals surface area contributed by atoms with Gasteiger partial charge in [-0.15, -0.1) is 0 Å². The van der Waals surface area contributed by atoms with Gasteiger partial charge < -0.3 is 10.2 Å². The average molecular weight is 397 g/mol. The Hall–Kier alpha value is -2.54. The lowest BCUT2D eigenvalue weighted by molar-refractivity contribution is -0.121. The zero-order valence-corrected chi connectivity index (χ0v) is 16.9. The van der Waals surface area contributed by atoms with Crippen LogP contribution in [0.25, 0.3) is 0 Å². The maximum absolute atomic E-state index is 13.4. The molecular formula is C22H28FN5O. The van der Waals surface area contributed by atoms with Gasteiger partial charge in [0.05, 0.1) is 11.2 Å². The van der Waals surface area contributed by atoms with Crippen molar-refractivity contribution in [2.45, 2.75) is 44.7 Å². The summed E-state index contributed by atoms with van der Waals surface area (Å²) in [5.74, 6) is 0.506. The number of nitrogens with one attached hydrogen (secondary N) is 1. The van der Waals surface area contributed by atoms with Crippen LogP contribution >= 0.6 is 0 Å². The van der Waals surface area contributed by atoms with Crippen molar-refractivity contribution in [3.8, 4) is 0 Å². The van der Waals surface area contributed by atoms with Crippen LogP contribution in [0.3, 0.4) is 0 Å². The van der Waals surface area contributed by atoms with Crippen molar-refractivity contribution in [3.63, 3.8) is 0 Å². The number of benzene rings is 1. The maximum atomic E-state index is 13.4. The first-order valence-electron chi connectivity index (χ1n) is 10.4. The Morgan fingerprint density at radius 1 is 1.10 bits per heavy atom. The van der Waals surface area contributed by atoms with Crippen LogP contribution in [0.1, 0.15) is 43.9 Å². The van der Waals surface area contributed by atoms with E-state index in [1.165, 1.54) is 25.0 Å². The first-order chi connectivity index (χ1) is 14.0. The number of likely N-dealkylation sites (tertiary alicyclic amines) is 1. The predicted molar refractivity (Wildman–Crippen MR) is 110 cm³/mol. The molecule has 0 unspecified atom stereocenters. The molecule has 154 valence electrons. The lowest BCUT2D eigenvalue weighted by Crippen LogP contribution is -2.52. The maximum Gasteiger partial charge on any atom is 0.225 e. The van der Waals surface area contributed by atoms with Gasteiger partial charge in [0.2, 0.25) is 11.9 Å². The number of halogens is 1. The van der Waals surface area contributed by atoms with Crippen LogP contribution in [0.2, 0.25) is 0 Å². The number of hydrogen-bond acceptors (Lipinski definition) is 5. The van der Waals surface area contributed by atoms with Gasteiger partial charge in [-0.3, -0.25) is 9.69 Å². The van der Waals surface area contributed by atoms with Gasteiger partial charge in [-0.2, -0.15) is 0 Å². The van der Waals surface area contributed by atoms with E-state index < -0.39 is 5.54 Å². The number of piperidine rings is 1. The fourth-order valence-corrected chi connectivity index (χ4v) is 4.46. The second-order valence-electron chi connectivity index (χ2n) is 8.09. The van der Waals surface area contributed by atoms with Crippen LogP contribution in [0.15, 0.2) is 36.5 Å². The predicted octanol–water partition coefficient (Wildman–Crippen LogP) is 2.84. The van der Waals surface area contributed by atoms with E-state index in [9.17, 15) is 9.18 Å². The highest BCUT2D eigenvalue weighted by atomic mass is 19.1. The lowest BCUT2D eigenvalue weighted by Gasteiger charge is -2.42. The van der Waals surface area contributed by atoms with Crippen LogP contribution in [0.5, 0.6) is 0 Å². The largest absolute Gasteiger partial charge is 0.347 e. The summed E-state index contributed by atoms with van der Waals surface area (Å²) in [6.07, 6.45) is 5.81. The van der Waals surface area contributed by atoms with Gasteiger partial charge >= 0.3 is 0 Å². The summed E-state index contributed by atoms with van der Waals surface area (Å²) in [7, 11) is 0. The summed E-state index contributed by atoms with van der Waals surface area (Å²) in [6.45, 7) is 6.04. The van der Waals surface area contributed by atoms with Crippen LogP contribution in [-0.4, -0.2) is 47.0 Å². The molecule has 2 aliphatic rings. The van der Waals surface area contributed by atoms with Crippen molar-refractivity contribution >= 4 is 11.9 Å². The highest BCUT2D eigenvalue weighted by molar-refractivity contribution is 5.74. The second kappa shape index (κ2) is 8.45. The monoisotopic (exact) mass is 397 g/mol. The molecule has 29 heavy (non-hydrogen) atoms. The van der Waals surface area contributed by atoms with Crippen LogP contribution in [0, 0.1) is 5.82 Å². The number of amides is 1. The van der Waals surface area contributed by atoms with Crippen molar-refractivity contribution < 1.29 is 9.18 Å². The summed E-state index contributed by atoms with van der Waals surface area (Å²) in [5.41, 5.74) is 1.55. The summed E-state index contributed by atoms with van der Waals surface area (Å²) in [5, 5.41) is 3.14. The number of carbonyl (C=O) groups is 1. The third-order valence-corrected chi connectivity index (χ3v) is 6.00. The topological polar surface area (TPSA) is 61.4 Å². The van der Waals surface area contributed by atoms with Gasteiger partial charge in [0, 0.05) is 45.8 Å². The van der Waals surface area contributed by atoms with Gasteiger partial charge in [-0.1, -0.05) is 12.1 Å². The van der Waals surface area contributed by atoms with E-state index in [0.29, 0.717) is 0 Å². The molecule has 7 heteroatoms. The molecule has 0 saturated carbocycles. The molecule has 0 radical (unpaired) electrons. The van der Waals surface area contributed by atoms with Crippen LogP contribution < -0.4 is 10.2 Å². The Morgan fingerprint density at radius 2 is 1.79 bits per heavy atom. The third-order valence-electron chi connectivity index (χ3n) is 6.00. The molecule has 2 aliphatic heterocycles. The molecule has 0 atom stereocenters. The van der Waals surface area contributed by atoms with Crippen LogP contribution in [0.4, 0.5) is 10.3 Å². The van der Waals surface area contributed by atoms with Gasteiger partial charge in [0.1, 0.15) is 5.82 Å². The molecule has 0 bridgehead atoms. The van der Waals surface area contributed by atoms with Crippen molar-refractivity contribution in [2.24, 2.45) is 0 Å². The van der Waals surface area contributed by atoms with Crippen molar-refractivity contribution in [1.82, 2.24) is 20.2 Å². The van der Waals surface area contributed by atoms with Crippen molar-refractivity contribution in [1.29, 1.82) is 0 Å². The molecule has 4 rings (SSSR count). The van der Waals surface area contributed by atoms with Crippen molar-refractivity contribution in [3.05, 3.63) is 53.6 Å². The van der Waals surface area contributed by atoms with Crippen molar-refractivity contribution in [2.75, 3.05) is 31.1 Å². The zero-order valence-electron chi connectivity index (χ0n) is 16.9. The normalized spacial score (nSPS) is 19.3. The number of anilines is 1. The smallest absolute Gasteiger partial charge is 0.225 e. The molecular weight excluding hydrogens is 369 g/mol. The molecule has 1 aromatic heterocycles. The summed E-state index contributed by atoms with van der Waals surface area (Å²) in [4.78, 5) is 25.7. The molecule has 2 aromatic rings. The van der Waals surface area contributed by atoms with E-state index in [4.69, 9.17) is 4.98 Å². The molecule has 1 amide bonds. The number of nitrogens with zero attached hydrogens (tertiary/aromatic N) is 4. The van der Waals surface area contributed by atoms with Gasteiger partial charge in [-0.25, -0.2) is 14.4 Å². The minimum atomic E-state index is -0.442. The Bertz CT molecular complexity index is 843. The summed E-state index contributed by atoms with van der Waals surface area (Å²) < 4.78 is 13.4. The molecule has 6 nitrogen and oxygen atoms in total. The lowest BCUT2D eigenvalue weighted by atomic mass is 9.80. The first-order valence-corrected chi connectivity index (χ1v) is 10.4. The van der Waals surface area contributed by atoms with Crippen LogP contribution in [-0.2, 0) is 16.9 Å². The molecule has 2 saturated heterocycles. The minimum Gasteiger partial charge on any atom is -0.347 e. The third kappa shape index (κ3) is 4.56. The molecule has 2 fully saturated rings. The molecule has 1 N–H and O–H groups in total. The Kier molecular flexibility index (Phi) is 5.76. The second-order valence-corrected chi connectivity index (χ2v) is 8.09. The standard InChI is InChI=1S/C22H28FN5O/c1-17(29)26-22(18-4-6-19(23)7-5-18)9-14-27(15-10-22)16-20-8-11-24-21(25-20)28-12-2-3-13-28/h4-8,11H,2-3,9-10,12-16H2,1H3,(H,26,29). The zero-order chi connectivity index (χ0) is 20.3. The Morgan fingerprint density at radius 3 is 2.45 bits per heavy atom. The number of carbonyl (C=O) groups excluding carboxylic acids is 1. The Labute approximate surface area is 171 Å². The van der Waals surface area contributed by atoms with E-state index in [-0.39, 0.29) is 11.7 Å². The van der Waals surface area contributed by atoms with Gasteiger partial charge in [-0.05, 0) is 49.4 Å². The van der Waals surface area contributed by atoms with E-state index in [1.54, 1.807) is 19.1 Å². The summed E-state index contributed by atoms with van der Waals surface area (Å²) in [6, 6.07) is 8.48. The van der Waals surface area contributed by atoms with Gasteiger partial charge in [0.25, 0.3) is 0 Å². The van der Waals surface area contributed by atoms with Gasteiger partial charge in [0.15, 0.2) is 0 Å². The SMILES string of the molecule is CC(=O)NC1(c2ccc(F)cc2)CCN(Cc2ccnc(N3CCCC3)n2)CC1. The molecule has 0 spiro atoms. The average Bonchev–Trinajstić information content (AvgIpc) is 3.25. The van der Waals surface area contributed by atoms with E-state index >= 15 is 0 Å². The fraction of sp³-hybridized carbons (Fsp3) is 0.500. The minimum absolute atomic E-state index is 0.0613.